The van der Waals surface area contributed by atoms with E-state index in [4.69, 9.17) is 4.74 Å². The average Bonchev–Trinajstić information content (AvgIpc) is 2.66. The Labute approximate surface area is 140 Å². The molecule has 1 fully saturated rings. The zero-order chi connectivity index (χ0) is 16.6. The van der Waals surface area contributed by atoms with Crippen LogP contribution in [0.2, 0.25) is 0 Å². The highest BCUT2D eigenvalue weighted by atomic mass is 16.5. The van der Waals surface area contributed by atoms with Crippen molar-refractivity contribution in [2.45, 2.75) is 25.8 Å². The van der Waals surface area contributed by atoms with Crippen molar-refractivity contribution in [2.24, 2.45) is 0 Å². The van der Waals surface area contributed by atoms with Crippen molar-refractivity contribution >= 4 is 11.9 Å². The Bertz CT molecular complexity index is 661. The zero-order valence-corrected chi connectivity index (χ0v) is 13.4. The third-order valence-electron chi connectivity index (χ3n) is 3.68. The molecule has 0 aromatic carbocycles. The van der Waals surface area contributed by atoms with Gasteiger partial charge in [-0.05, 0) is 31.4 Å². The highest BCUT2D eigenvalue weighted by Gasteiger charge is 2.13. The highest BCUT2D eigenvalue weighted by Crippen LogP contribution is 2.15. The van der Waals surface area contributed by atoms with E-state index in [1.54, 1.807) is 30.7 Å². The second-order valence-electron chi connectivity index (χ2n) is 5.49. The van der Waals surface area contributed by atoms with Gasteiger partial charge in [0.2, 0.25) is 5.95 Å². The van der Waals surface area contributed by atoms with Crippen molar-refractivity contribution in [3.8, 4) is 6.01 Å². The van der Waals surface area contributed by atoms with E-state index >= 15 is 0 Å². The van der Waals surface area contributed by atoms with Crippen LogP contribution in [0.5, 0.6) is 6.01 Å². The van der Waals surface area contributed by atoms with Crippen LogP contribution in [0.1, 0.15) is 25.0 Å². The number of nitrogens with one attached hydrogen (secondary N) is 1. The summed E-state index contributed by atoms with van der Waals surface area (Å²) in [7, 11) is 0. The van der Waals surface area contributed by atoms with Crippen LogP contribution in [-0.4, -0.2) is 45.5 Å². The number of hydrogen-bond acceptors (Lipinski definition) is 7. The minimum Gasteiger partial charge on any atom is -0.453 e. The van der Waals surface area contributed by atoms with E-state index in [0.29, 0.717) is 6.54 Å². The van der Waals surface area contributed by atoms with Gasteiger partial charge in [0, 0.05) is 31.7 Å². The lowest BCUT2D eigenvalue weighted by molar-refractivity contribution is -0.123. The van der Waals surface area contributed by atoms with Gasteiger partial charge in [-0.3, -0.25) is 4.79 Å². The number of ether oxygens (including phenoxy) is 1. The van der Waals surface area contributed by atoms with E-state index in [9.17, 15) is 4.79 Å². The van der Waals surface area contributed by atoms with Crippen molar-refractivity contribution in [1.29, 1.82) is 0 Å². The minimum atomic E-state index is -0.249. The Kier molecular flexibility index (Phi) is 5.49. The number of piperidine rings is 1. The summed E-state index contributed by atoms with van der Waals surface area (Å²) in [4.78, 5) is 30.7. The Morgan fingerprint density at radius 1 is 1.12 bits per heavy atom. The second-order valence-corrected chi connectivity index (χ2v) is 5.49. The molecule has 8 nitrogen and oxygen atoms in total. The van der Waals surface area contributed by atoms with Gasteiger partial charge in [-0.1, -0.05) is 0 Å². The van der Waals surface area contributed by atoms with Crippen LogP contribution in [0, 0.1) is 0 Å². The lowest BCUT2D eigenvalue weighted by Crippen LogP contribution is -2.32. The molecule has 1 saturated heterocycles. The van der Waals surface area contributed by atoms with Gasteiger partial charge < -0.3 is 15.0 Å². The Morgan fingerprint density at radius 3 is 2.71 bits per heavy atom. The third-order valence-corrected chi connectivity index (χ3v) is 3.68. The molecule has 3 heterocycles. The lowest BCUT2D eigenvalue weighted by Gasteiger charge is -2.26. The normalized spacial score (nSPS) is 14.2. The zero-order valence-electron chi connectivity index (χ0n) is 13.4. The molecule has 3 rings (SSSR count). The first-order valence-electron chi connectivity index (χ1n) is 8.04. The monoisotopic (exact) mass is 328 g/mol. The number of carbonyl (C=O) groups excluding carboxylic acids is 1. The molecule has 0 atom stereocenters. The van der Waals surface area contributed by atoms with Gasteiger partial charge in [0.1, 0.15) is 0 Å². The molecular weight excluding hydrogens is 308 g/mol. The van der Waals surface area contributed by atoms with E-state index < -0.39 is 0 Å². The van der Waals surface area contributed by atoms with Crippen LogP contribution < -0.4 is 15.0 Å². The van der Waals surface area contributed by atoms with Crippen LogP contribution in [0.4, 0.5) is 5.95 Å². The van der Waals surface area contributed by atoms with Crippen LogP contribution >= 0.6 is 0 Å². The van der Waals surface area contributed by atoms with Gasteiger partial charge in [-0.25, -0.2) is 19.9 Å². The molecule has 1 N–H and O–H groups in total. The summed E-state index contributed by atoms with van der Waals surface area (Å²) in [6.45, 7) is 2.18. The lowest BCUT2D eigenvalue weighted by atomic mass is 10.1. The SMILES string of the molecule is O=C(COc1ncccn1)NCc1ccnc(N2CCCCC2)n1. The first kappa shape index (κ1) is 16.1. The summed E-state index contributed by atoms with van der Waals surface area (Å²) in [6, 6.07) is 3.67. The Balaban J connectivity index is 1.48. The van der Waals surface area contributed by atoms with E-state index in [0.717, 1.165) is 24.7 Å². The molecule has 24 heavy (non-hydrogen) atoms. The van der Waals surface area contributed by atoms with Crippen molar-refractivity contribution in [2.75, 3.05) is 24.6 Å². The van der Waals surface area contributed by atoms with Gasteiger partial charge in [0.15, 0.2) is 6.61 Å². The smallest absolute Gasteiger partial charge is 0.316 e. The highest BCUT2D eigenvalue weighted by molar-refractivity contribution is 5.77. The summed E-state index contributed by atoms with van der Waals surface area (Å²) in [6.07, 6.45) is 8.45. The molecular formula is C16H20N6O2. The largest absolute Gasteiger partial charge is 0.453 e. The number of aromatic nitrogens is 4. The van der Waals surface area contributed by atoms with Crippen LogP contribution in [-0.2, 0) is 11.3 Å². The predicted molar refractivity (Wildman–Crippen MR) is 87.5 cm³/mol. The number of anilines is 1. The summed E-state index contributed by atoms with van der Waals surface area (Å²) >= 11 is 0. The molecule has 2 aromatic rings. The molecule has 0 bridgehead atoms. The van der Waals surface area contributed by atoms with E-state index in [-0.39, 0.29) is 18.5 Å². The number of hydrogen-bond donors (Lipinski definition) is 1. The van der Waals surface area contributed by atoms with Gasteiger partial charge >= 0.3 is 6.01 Å². The summed E-state index contributed by atoms with van der Waals surface area (Å²) < 4.78 is 5.20. The fraction of sp³-hybridized carbons (Fsp3) is 0.438. The molecule has 126 valence electrons. The maximum Gasteiger partial charge on any atom is 0.316 e. The summed E-state index contributed by atoms with van der Waals surface area (Å²) in [5.41, 5.74) is 0.773. The Morgan fingerprint density at radius 2 is 1.92 bits per heavy atom. The Hall–Kier alpha value is -2.77. The van der Waals surface area contributed by atoms with E-state index in [1.807, 2.05) is 0 Å². The van der Waals surface area contributed by atoms with Crippen molar-refractivity contribution < 1.29 is 9.53 Å². The fourth-order valence-corrected chi connectivity index (χ4v) is 2.46. The molecule has 0 spiro atoms. The average molecular weight is 328 g/mol. The number of nitrogens with zero attached hydrogens (tertiary/aromatic N) is 5. The number of amides is 1. The fourth-order valence-electron chi connectivity index (χ4n) is 2.46. The van der Waals surface area contributed by atoms with E-state index in [1.165, 1.54) is 19.3 Å². The van der Waals surface area contributed by atoms with Crippen LogP contribution in [0.25, 0.3) is 0 Å². The molecule has 0 radical (unpaired) electrons. The molecule has 0 saturated carbocycles. The van der Waals surface area contributed by atoms with Gasteiger partial charge in [-0.2, -0.15) is 0 Å². The quantitative estimate of drug-likeness (QED) is 0.844. The third kappa shape index (κ3) is 4.61. The van der Waals surface area contributed by atoms with Crippen LogP contribution in [0.15, 0.2) is 30.7 Å². The van der Waals surface area contributed by atoms with Gasteiger partial charge in [0.25, 0.3) is 5.91 Å². The van der Waals surface area contributed by atoms with E-state index in [2.05, 4.69) is 30.2 Å². The molecule has 1 aliphatic heterocycles. The van der Waals surface area contributed by atoms with Crippen molar-refractivity contribution in [3.63, 3.8) is 0 Å². The van der Waals surface area contributed by atoms with Crippen molar-refractivity contribution in [3.05, 3.63) is 36.4 Å². The second kappa shape index (κ2) is 8.19. The molecule has 1 aliphatic rings. The number of carbonyl (C=O) groups is 1. The topological polar surface area (TPSA) is 93.1 Å². The molecule has 0 unspecified atom stereocenters. The van der Waals surface area contributed by atoms with Crippen LogP contribution in [0.3, 0.4) is 0 Å². The van der Waals surface area contributed by atoms with Crippen molar-refractivity contribution in [1.82, 2.24) is 25.3 Å². The maximum atomic E-state index is 11.8. The molecule has 2 aromatic heterocycles. The summed E-state index contributed by atoms with van der Waals surface area (Å²) in [5.74, 6) is 0.482. The summed E-state index contributed by atoms with van der Waals surface area (Å²) in [5, 5.41) is 2.77. The molecule has 1 amide bonds. The molecule has 8 heteroatoms. The van der Waals surface area contributed by atoms with Gasteiger partial charge in [-0.15, -0.1) is 0 Å². The first-order valence-corrected chi connectivity index (χ1v) is 8.04. The molecule has 0 aliphatic carbocycles. The van der Waals surface area contributed by atoms with Gasteiger partial charge in [0.05, 0.1) is 12.2 Å². The number of rotatable bonds is 6. The standard InChI is InChI=1S/C16H20N6O2/c23-14(12-24-16-18-6-4-7-19-16)20-11-13-5-8-17-15(21-13)22-9-2-1-3-10-22/h4-8H,1-3,9-12H2,(H,20,23). The first-order chi connectivity index (χ1) is 11.8. The predicted octanol–water partition coefficient (Wildman–Crippen LogP) is 0.952. The maximum absolute atomic E-state index is 11.8. The minimum absolute atomic E-state index is 0.131.